The number of nitrogens with one attached hydrogen (secondary N) is 1. The third-order valence-electron chi connectivity index (χ3n) is 12.4. The number of likely N-dealkylation sites (tertiary alicyclic amines) is 1. The number of aliphatic hydroxyl groups is 2. The van der Waals surface area contributed by atoms with Crippen molar-refractivity contribution in [1.82, 2.24) is 10.2 Å². The molecule has 5 fully saturated rings. The molecule has 3 N–H and O–H groups in total. The number of hydrogen-bond acceptors (Lipinski definition) is 9. The number of β-amino-alcohol motifs (C(OH)–C–C–N with tert-alkyl or cyclic N) is 1. The standard InChI is InChI=1S/C32H48N2O8/c1-19(35)41-26-16-32(39)25-5-4-21-15-23(42-29(38)33-11-13-34-12-8-22(36)17-34)6-9-30(21,2)24(25)7-10-31(32,3)28(26)20-14-27(37)40-18-20/h14,21-26,28,36,39H,4-13,15-18H2,1-3H3,(H,33,38). The first-order valence-corrected chi connectivity index (χ1v) is 16.0. The first kappa shape index (κ1) is 29.9. The zero-order valence-electron chi connectivity index (χ0n) is 25.3. The average Bonchev–Trinajstić information content (AvgIpc) is 3.59. The van der Waals surface area contributed by atoms with Gasteiger partial charge in [0.25, 0.3) is 0 Å². The summed E-state index contributed by atoms with van der Waals surface area (Å²) in [6, 6.07) is 0. The molecule has 0 spiro atoms. The predicted molar refractivity (Wildman–Crippen MR) is 152 cm³/mol. The summed E-state index contributed by atoms with van der Waals surface area (Å²) in [5.41, 5.74) is -0.673. The summed E-state index contributed by atoms with van der Waals surface area (Å²) < 4.78 is 17.0. The molecule has 1 saturated heterocycles. The van der Waals surface area contributed by atoms with E-state index in [-0.39, 0.29) is 54.1 Å². The highest BCUT2D eigenvalue weighted by Crippen LogP contribution is 2.70. The molecule has 0 aromatic carbocycles. The lowest BCUT2D eigenvalue weighted by Crippen LogP contribution is -2.62. The maximum Gasteiger partial charge on any atom is 0.407 e. The van der Waals surface area contributed by atoms with Crippen LogP contribution in [0.1, 0.15) is 78.6 Å². The summed E-state index contributed by atoms with van der Waals surface area (Å²) in [6.45, 7) is 8.84. The second kappa shape index (κ2) is 11.1. The lowest BCUT2D eigenvalue weighted by Gasteiger charge is -2.63. The quantitative estimate of drug-likeness (QED) is 0.316. The van der Waals surface area contributed by atoms with Crippen LogP contribution in [0.5, 0.6) is 0 Å². The number of hydrogen-bond donors (Lipinski definition) is 3. The fraction of sp³-hybridized carbons (Fsp3) is 0.844. The van der Waals surface area contributed by atoms with Gasteiger partial charge in [0.1, 0.15) is 18.8 Å². The van der Waals surface area contributed by atoms with Crippen LogP contribution < -0.4 is 5.32 Å². The Morgan fingerprint density at radius 1 is 1.12 bits per heavy atom. The monoisotopic (exact) mass is 588 g/mol. The van der Waals surface area contributed by atoms with Gasteiger partial charge >= 0.3 is 18.0 Å². The van der Waals surface area contributed by atoms with Crippen LogP contribution in [-0.4, -0.2) is 89.8 Å². The molecule has 2 heterocycles. The van der Waals surface area contributed by atoms with Crippen molar-refractivity contribution in [2.75, 3.05) is 32.8 Å². The van der Waals surface area contributed by atoms with Crippen molar-refractivity contribution in [2.45, 2.75) is 102 Å². The van der Waals surface area contributed by atoms with Crippen LogP contribution in [0.2, 0.25) is 0 Å². The average molecular weight is 589 g/mol. The number of rotatable bonds is 6. The van der Waals surface area contributed by atoms with Gasteiger partial charge in [0.05, 0.1) is 11.7 Å². The molecule has 0 bridgehead atoms. The van der Waals surface area contributed by atoms with Gasteiger partial charge in [-0.25, -0.2) is 9.59 Å². The Labute approximate surface area is 248 Å². The summed E-state index contributed by atoms with van der Waals surface area (Å²) >= 11 is 0. The molecule has 1 amide bonds. The highest BCUT2D eigenvalue weighted by atomic mass is 16.6. The van der Waals surface area contributed by atoms with Crippen LogP contribution in [0.15, 0.2) is 11.6 Å². The van der Waals surface area contributed by atoms with Crippen LogP contribution in [0, 0.1) is 34.5 Å². The van der Waals surface area contributed by atoms with Gasteiger partial charge < -0.3 is 29.7 Å². The highest BCUT2D eigenvalue weighted by Gasteiger charge is 2.71. The molecule has 6 aliphatic rings. The summed E-state index contributed by atoms with van der Waals surface area (Å²) in [6.07, 6.45) is 7.67. The van der Waals surface area contributed by atoms with E-state index in [0.717, 1.165) is 63.5 Å². The maximum atomic E-state index is 12.7. The van der Waals surface area contributed by atoms with E-state index >= 15 is 0 Å². The molecule has 10 atom stereocenters. The second-order valence-electron chi connectivity index (χ2n) is 14.5. The minimum atomic E-state index is -1.01. The number of carbonyl (C=O) groups is 3. The fourth-order valence-electron chi connectivity index (χ4n) is 10.4. The number of cyclic esters (lactones) is 1. The summed E-state index contributed by atoms with van der Waals surface area (Å²) in [4.78, 5) is 38.9. The Morgan fingerprint density at radius 2 is 1.93 bits per heavy atom. The number of nitrogens with zero attached hydrogens (tertiary/aromatic N) is 1. The SMILES string of the molecule is CC(=O)OC1CC2(O)C3CCC4CC(OC(=O)NCCN5CCC(O)C5)CCC4(C)C3CCC2(C)C1C1=CC(=O)OC1. The second-order valence-corrected chi connectivity index (χ2v) is 14.5. The molecule has 10 unspecified atom stereocenters. The van der Waals surface area contributed by atoms with Crippen LogP contribution in [0.4, 0.5) is 4.79 Å². The minimum Gasteiger partial charge on any atom is -0.462 e. The first-order chi connectivity index (χ1) is 19.9. The smallest absolute Gasteiger partial charge is 0.407 e. The normalized spacial score (nSPS) is 44.8. The van der Waals surface area contributed by atoms with Gasteiger partial charge in [-0.1, -0.05) is 13.8 Å². The molecule has 10 nitrogen and oxygen atoms in total. The van der Waals surface area contributed by atoms with Gasteiger partial charge in [0, 0.05) is 56.9 Å². The molecular formula is C32H48N2O8. The molecular weight excluding hydrogens is 540 g/mol. The number of fused-ring (bicyclic) bond motifs is 5. The van der Waals surface area contributed by atoms with E-state index in [9.17, 15) is 24.6 Å². The summed E-state index contributed by atoms with van der Waals surface area (Å²) in [7, 11) is 0. The highest BCUT2D eigenvalue weighted by molar-refractivity contribution is 5.85. The summed E-state index contributed by atoms with van der Waals surface area (Å²) in [5, 5.41) is 25.2. The largest absolute Gasteiger partial charge is 0.462 e. The number of ether oxygens (including phenoxy) is 3. The number of esters is 2. The van der Waals surface area contributed by atoms with Crippen molar-refractivity contribution >= 4 is 18.0 Å². The molecule has 6 rings (SSSR count). The van der Waals surface area contributed by atoms with E-state index in [1.165, 1.54) is 13.0 Å². The molecule has 0 aromatic heterocycles. The van der Waals surface area contributed by atoms with Gasteiger partial charge in [-0.3, -0.25) is 9.69 Å². The van der Waals surface area contributed by atoms with Crippen LogP contribution in [0.25, 0.3) is 0 Å². The van der Waals surface area contributed by atoms with Gasteiger partial charge in [0.2, 0.25) is 0 Å². The van der Waals surface area contributed by atoms with E-state index in [0.29, 0.717) is 37.9 Å². The van der Waals surface area contributed by atoms with E-state index < -0.39 is 17.1 Å². The van der Waals surface area contributed by atoms with E-state index in [1.807, 2.05) is 0 Å². The predicted octanol–water partition coefficient (Wildman–Crippen LogP) is 2.95. The Balaban J connectivity index is 1.12. The molecule has 0 aromatic rings. The maximum absolute atomic E-state index is 12.7. The van der Waals surface area contributed by atoms with E-state index in [4.69, 9.17) is 14.2 Å². The van der Waals surface area contributed by atoms with Gasteiger partial charge in [-0.15, -0.1) is 0 Å². The van der Waals surface area contributed by atoms with Gasteiger partial charge in [0.15, 0.2) is 0 Å². The Hall–Kier alpha value is -2.17. The third-order valence-corrected chi connectivity index (χ3v) is 12.4. The fourth-order valence-corrected chi connectivity index (χ4v) is 10.4. The van der Waals surface area contributed by atoms with E-state index in [2.05, 4.69) is 24.1 Å². The molecule has 2 aliphatic heterocycles. The van der Waals surface area contributed by atoms with Crippen molar-refractivity contribution in [2.24, 2.45) is 34.5 Å². The summed E-state index contributed by atoms with van der Waals surface area (Å²) in [5.74, 6) is -0.175. The number of carbonyl (C=O) groups excluding carboxylic acids is 3. The number of aliphatic hydroxyl groups excluding tert-OH is 1. The zero-order chi connectivity index (χ0) is 29.9. The van der Waals surface area contributed by atoms with Crippen LogP contribution in [0.3, 0.4) is 0 Å². The lowest BCUT2D eigenvalue weighted by molar-refractivity contribution is -0.208. The molecule has 234 valence electrons. The minimum absolute atomic E-state index is 0.0353. The molecule has 10 heteroatoms. The Kier molecular flexibility index (Phi) is 7.88. The molecule has 0 radical (unpaired) electrons. The van der Waals surface area contributed by atoms with Crippen LogP contribution in [-0.2, 0) is 23.8 Å². The Morgan fingerprint density at radius 3 is 2.62 bits per heavy atom. The van der Waals surface area contributed by atoms with Gasteiger partial charge in [-0.2, -0.15) is 0 Å². The number of alkyl carbamates (subject to hydrolysis) is 1. The van der Waals surface area contributed by atoms with E-state index in [1.54, 1.807) is 0 Å². The number of amides is 1. The lowest BCUT2D eigenvalue weighted by atomic mass is 9.43. The van der Waals surface area contributed by atoms with Crippen molar-refractivity contribution in [3.8, 4) is 0 Å². The molecule has 4 saturated carbocycles. The Bertz CT molecular complexity index is 1130. The zero-order valence-corrected chi connectivity index (χ0v) is 25.3. The van der Waals surface area contributed by atoms with Crippen molar-refractivity contribution in [3.63, 3.8) is 0 Å². The molecule has 4 aliphatic carbocycles. The van der Waals surface area contributed by atoms with Crippen molar-refractivity contribution in [3.05, 3.63) is 11.6 Å². The topological polar surface area (TPSA) is 135 Å². The van der Waals surface area contributed by atoms with Gasteiger partial charge in [-0.05, 0) is 80.1 Å². The van der Waals surface area contributed by atoms with Crippen LogP contribution >= 0.6 is 0 Å². The first-order valence-electron chi connectivity index (χ1n) is 16.0. The molecule has 42 heavy (non-hydrogen) atoms. The third kappa shape index (κ3) is 5.05. The van der Waals surface area contributed by atoms with Crippen molar-refractivity contribution in [1.29, 1.82) is 0 Å². The van der Waals surface area contributed by atoms with Crippen molar-refractivity contribution < 1.29 is 38.8 Å².